The summed E-state index contributed by atoms with van der Waals surface area (Å²) in [7, 11) is 0. The third kappa shape index (κ3) is 3.79. The van der Waals surface area contributed by atoms with Crippen molar-refractivity contribution >= 4 is 17.6 Å². The number of amides is 1. The van der Waals surface area contributed by atoms with Gasteiger partial charge in [0.15, 0.2) is 0 Å². The van der Waals surface area contributed by atoms with Crippen LogP contribution in [-0.4, -0.2) is 30.2 Å². The van der Waals surface area contributed by atoms with Gasteiger partial charge in [-0.1, -0.05) is 18.2 Å². The van der Waals surface area contributed by atoms with E-state index in [1.807, 2.05) is 0 Å². The Kier molecular flexibility index (Phi) is 4.52. The number of hydrogen-bond donors (Lipinski definition) is 2. The topological polar surface area (TPSA) is 75.6 Å². The lowest BCUT2D eigenvalue weighted by atomic mass is 10.0. The van der Waals surface area contributed by atoms with Gasteiger partial charge in [0.2, 0.25) is 5.91 Å². The first-order chi connectivity index (χ1) is 9.16. The molecule has 5 nitrogen and oxygen atoms in total. The summed E-state index contributed by atoms with van der Waals surface area (Å²) in [6, 6.07) is 6.97. The van der Waals surface area contributed by atoms with Gasteiger partial charge in [-0.25, -0.2) is 0 Å². The van der Waals surface area contributed by atoms with E-state index in [4.69, 9.17) is 9.84 Å². The Balaban J connectivity index is 2.05. The first-order valence-electron chi connectivity index (χ1n) is 6.35. The second kappa shape index (κ2) is 6.33. The van der Waals surface area contributed by atoms with Crippen LogP contribution in [0, 0.1) is 5.92 Å². The third-order valence-electron chi connectivity index (χ3n) is 3.15. The summed E-state index contributed by atoms with van der Waals surface area (Å²) >= 11 is 0. The predicted octanol–water partition coefficient (Wildman–Crippen LogP) is 1.68. The SMILES string of the molecule is O=C(O)Cc1ccccc1NC(=O)[C@H]1CCCOC1. The molecule has 0 saturated carbocycles. The number of benzene rings is 1. The molecule has 1 aliphatic rings. The van der Waals surface area contributed by atoms with E-state index in [9.17, 15) is 9.59 Å². The Morgan fingerprint density at radius 1 is 1.37 bits per heavy atom. The number of rotatable bonds is 4. The van der Waals surface area contributed by atoms with Gasteiger partial charge in [0.25, 0.3) is 0 Å². The molecule has 2 rings (SSSR count). The van der Waals surface area contributed by atoms with Gasteiger partial charge in [-0.3, -0.25) is 9.59 Å². The summed E-state index contributed by atoms with van der Waals surface area (Å²) in [6.07, 6.45) is 1.60. The highest BCUT2D eigenvalue weighted by molar-refractivity contribution is 5.94. The molecule has 1 atom stereocenters. The minimum atomic E-state index is -0.914. The van der Waals surface area contributed by atoms with Gasteiger partial charge in [0.1, 0.15) is 0 Å². The van der Waals surface area contributed by atoms with E-state index in [0.717, 1.165) is 12.8 Å². The summed E-state index contributed by atoms with van der Waals surface area (Å²) in [5, 5.41) is 11.6. The number of nitrogens with one attached hydrogen (secondary N) is 1. The molecule has 0 radical (unpaired) electrons. The largest absolute Gasteiger partial charge is 0.481 e. The second-order valence-electron chi connectivity index (χ2n) is 4.63. The maximum absolute atomic E-state index is 12.1. The maximum Gasteiger partial charge on any atom is 0.307 e. The van der Waals surface area contributed by atoms with Crippen molar-refractivity contribution in [1.29, 1.82) is 0 Å². The molecule has 1 aliphatic heterocycles. The van der Waals surface area contributed by atoms with Gasteiger partial charge in [0.05, 0.1) is 18.9 Å². The number of carbonyl (C=O) groups is 2. The molecule has 0 aliphatic carbocycles. The molecule has 0 unspecified atom stereocenters. The number of anilines is 1. The molecule has 102 valence electrons. The highest BCUT2D eigenvalue weighted by Crippen LogP contribution is 2.19. The molecular formula is C14H17NO4. The number of aliphatic carboxylic acids is 1. The van der Waals surface area contributed by atoms with Gasteiger partial charge >= 0.3 is 5.97 Å². The summed E-state index contributed by atoms with van der Waals surface area (Å²) in [4.78, 5) is 22.8. The molecule has 19 heavy (non-hydrogen) atoms. The fraction of sp³-hybridized carbons (Fsp3) is 0.429. The van der Waals surface area contributed by atoms with Gasteiger partial charge < -0.3 is 15.2 Å². The summed E-state index contributed by atoms with van der Waals surface area (Å²) < 4.78 is 5.28. The molecule has 1 amide bonds. The number of ether oxygens (including phenoxy) is 1. The summed E-state index contributed by atoms with van der Waals surface area (Å²) in [5.74, 6) is -1.16. The molecule has 0 spiro atoms. The predicted molar refractivity (Wildman–Crippen MR) is 70.0 cm³/mol. The zero-order valence-corrected chi connectivity index (χ0v) is 10.6. The minimum absolute atomic E-state index is 0.0995. The Morgan fingerprint density at radius 3 is 2.84 bits per heavy atom. The van der Waals surface area contributed by atoms with E-state index in [0.29, 0.717) is 24.5 Å². The zero-order chi connectivity index (χ0) is 13.7. The van der Waals surface area contributed by atoms with Crippen molar-refractivity contribution in [1.82, 2.24) is 0 Å². The molecule has 1 saturated heterocycles. The lowest BCUT2D eigenvalue weighted by molar-refractivity contribution is -0.136. The van der Waals surface area contributed by atoms with Crippen LogP contribution in [0.5, 0.6) is 0 Å². The fourth-order valence-electron chi connectivity index (χ4n) is 2.14. The Morgan fingerprint density at radius 2 is 2.16 bits per heavy atom. The number of carboxylic acid groups (broad SMARTS) is 1. The van der Waals surface area contributed by atoms with Crippen LogP contribution in [0.15, 0.2) is 24.3 Å². The lowest BCUT2D eigenvalue weighted by Gasteiger charge is -2.21. The monoisotopic (exact) mass is 263 g/mol. The number of carboxylic acids is 1. The quantitative estimate of drug-likeness (QED) is 0.866. The molecular weight excluding hydrogens is 246 g/mol. The lowest BCUT2D eigenvalue weighted by Crippen LogP contribution is -2.30. The molecule has 1 aromatic carbocycles. The van der Waals surface area contributed by atoms with Gasteiger partial charge in [-0.15, -0.1) is 0 Å². The van der Waals surface area contributed by atoms with Gasteiger partial charge in [-0.2, -0.15) is 0 Å². The van der Waals surface area contributed by atoms with Crippen molar-refractivity contribution in [3.63, 3.8) is 0 Å². The van der Waals surface area contributed by atoms with E-state index in [1.54, 1.807) is 24.3 Å². The molecule has 1 heterocycles. The van der Waals surface area contributed by atoms with Crippen LogP contribution in [0.4, 0.5) is 5.69 Å². The van der Waals surface area contributed by atoms with Crippen LogP contribution in [-0.2, 0) is 20.7 Å². The molecule has 1 fully saturated rings. The Bertz CT molecular complexity index is 466. The van der Waals surface area contributed by atoms with Crippen molar-refractivity contribution in [2.45, 2.75) is 19.3 Å². The zero-order valence-electron chi connectivity index (χ0n) is 10.6. The van der Waals surface area contributed by atoms with Crippen molar-refractivity contribution in [2.75, 3.05) is 18.5 Å². The third-order valence-corrected chi connectivity index (χ3v) is 3.15. The van der Waals surface area contributed by atoms with Crippen LogP contribution in [0.3, 0.4) is 0 Å². The first kappa shape index (κ1) is 13.5. The summed E-state index contributed by atoms with van der Waals surface area (Å²) in [5.41, 5.74) is 1.18. The van der Waals surface area contributed by atoms with Crippen molar-refractivity contribution in [2.24, 2.45) is 5.92 Å². The fourth-order valence-corrected chi connectivity index (χ4v) is 2.14. The Labute approximate surface area is 111 Å². The van der Waals surface area contributed by atoms with Crippen LogP contribution in [0.1, 0.15) is 18.4 Å². The van der Waals surface area contributed by atoms with E-state index < -0.39 is 5.97 Å². The average molecular weight is 263 g/mol. The van der Waals surface area contributed by atoms with Gasteiger partial charge in [-0.05, 0) is 24.5 Å². The minimum Gasteiger partial charge on any atom is -0.481 e. The summed E-state index contributed by atoms with van der Waals surface area (Å²) in [6.45, 7) is 1.15. The van der Waals surface area contributed by atoms with Crippen LogP contribution in [0.25, 0.3) is 0 Å². The number of carbonyl (C=O) groups excluding carboxylic acids is 1. The number of para-hydroxylation sites is 1. The standard InChI is InChI=1S/C14H17NO4/c16-13(17)8-10-4-1-2-6-12(10)15-14(18)11-5-3-7-19-9-11/h1-2,4,6,11H,3,5,7-9H2,(H,15,18)(H,16,17)/t11-/m0/s1. The second-order valence-corrected chi connectivity index (χ2v) is 4.63. The molecule has 2 N–H and O–H groups in total. The van der Waals surface area contributed by atoms with E-state index >= 15 is 0 Å². The van der Waals surface area contributed by atoms with Crippen LogP contribution >= 0.6 is 0 Å². The van der Waals surface area contributed by atoms with Crippen molar-refractivity contribution in [3.05, 3.63) is 29.8 Å². The highest BCUT2D eigenvalue weighted by Gasteiger charge is 2.22. The molecule has 0 aromatic heterocycles. The highest BCUT2D eigenvalue weighted by atomic mass is 16.5. The first-order valence-corrected chi connectivity index (χ1v) is 6.35. The normalized spacial score (nSPS) is 18.8. The van der Waals surface area contributed by atoms with Crippen LogP contribution in [0.2, 0.25) is 0 Å². The Hall–Kier alpha value is -1.88. The van der Waals surface area contributed by atoms with E-state index in [2.05, 4.69) is 5.32 Å². The maximum atomic E-state index is 12.1. The molecule has 1 aromatic rings. The number of hydrogen-bond acceptors (Lipinski definition) is 3. The molecule has 0 bridgehead atoms. The smallest absolute Gasteiger partial charge is 0.307 e. The van der Waals surface area contributed by atoms with E-state index in [-0.39, 0.29) is 18.2 Å². The van der Waals surface area contributed by atoms with Crippen LogP contribution < -0.4 is 5.32 Å². The average Bonchev–Trinajstić information content (AvgIpc) is 2.41. The van der Waals surface area contributed by atoms with Crippen molar-refractivity contribution < 1.29 is 19.4 Å². The molecule has 5 heteroatoms. The van der Waals surface area contributed by atoms with Crippen molar-refractivity contribution in [3.8, 4) is 0 Å². The van der Waals surface area contributed by atoms with E-state index in [1.165, 1.54) is 0 Å². The van der Waals surface area contributed by atoms with Gasteiger partial charge in [0, 0.05) is 12.3 Å².